The molecule has 4 nitrogen and oxygen atoms in total. The smallest absolute Gasteiger partial charge is 0.203 e. The van der Waals surface area contributed by atoms with Crippen LogP contribution in [0.5, 0.6) is 17.2 Å². The number of rotatable bonds is 8. The van der Waals surface area contributed by atoms with Crippen molar-refractivity contribution in [3.8, 4) is 23.3 Å². The summed E-state index contributed by atoms with van der Waals surface area (Å²) in [5.41, 5.74) is 0.735. The van der Waals surface area contributed by atoms with E-state index in [1.165, 1.54) is 0 Å². The number of ether oxygens (including phenoxy) is 3. The number of nitrogens with zero attached hydrogens (tertiary/aromatic N) is 1. The Morgan fingerprint density at radius 2 is 1.76 bits per heavy atom. The van der Waals surface area contributed by atoms with E-state index < -0.39 is 0 Å². The molecule has 0 N–H and O–H groups in total. The molecule has 0 heterocycles. The van der Waals surface area contributed by atoms with Gasteiger partial charge in [0.25, 0.3) is 0 Å². The number of alkyl halides is 1. The predicted octanol–water partition coefficient (Wildman–Crippen LogP) is 4.31. The van der Waals surface area contributed by atoms with Crippen LogP contribution in [0.3, 0.4) is 0 Å². The van der Waals surface area contributed by atoms with Gasteiger partial charge in [0.1, 0.15) is 0 Å². The van der Waals surface area contributed by atoms with Gasteiger partial charge in [-0.1, -0.05) is 15.9 Å². The SMILES string of the molecule is COc1cc(CBr)cc(OC)c1OCCCC(C)(C)C#N. The van der Waals surface area contributed by atoms with Gasteiger partial charge in [-0.25, -0.2) is 0 Å². The predicted molar refractivity (Wildman–Crippen MR) is 86.3 cm³/mol. The number of methoxy groups -OCH3 is 2. The molecule has 0 aliphatic rings. The Labute approximate surface area is 135 Å². The first-order valence-electron chi connectivity index (χ1n) is 6.82. The number of benzene rings is 1. The van der Waals surface area contributed by atoms with E-state index in [9.17, 15) is 0 Å². The third-order valence-electron chi connectivity index (χ3n) is 3.17. The van der Waals surface area contributed by atoms with E-state index in [2.05, 4.69) is 22.0 Å². The maximum absolute atomic E-state index is 9.00. The van der Waals surface area contributed by atoms with Crippen molar-refractivity contribution in [1.82, 2.24) is 0 Å². The molecule has 1 aromatic rings. The number of hydrogen-bond donors (Lipinski definition) is 0. The maximum atomic E-state index is 9.00. The fourth-order valence-electron chi connectivity index (χ4n) is 1.90. The summed E-state index contributed by atoms with van der Waals surface area (Å²) in [5.74, 6) is 1.92. The van der Waals surface area contributed by atoms with E-state index >= 15 is 0 Å². The third kappa shape index (κ3) is 5.13. The molecule has 0 unspecified atom stereocenters. The van der Waals surface area contributed by atoms with E-state index in [0.717, 1.165) is 23.7 Å². The van der Waals surface area contributed by atoms with Crippen LogP contribution < -0.4 is 14.2 Å². The average Bonchev–Trinajstić information content (AvgIpc) is 2.50. The molecule has 21 heavy (non-hydrogen) atoms. The van der Waals surface area contributed by atoms with Crippen LogP contribution in [0.2, 0.25) is 0 Å². The summed E-state index contributed by atoms with van der Waals surface area (Å²) in [5, 5.41) is 9.72. The summed E-state index contributed by atoms with van der Waals surface area (Å²) in [4.78, 5) is 0. The molecule has 0 saturated carbocycles. The lowest BCUT2D eigenvalue weighted by molar-refractivity contribution is 0.255. The minimum absolute atomic E-state index is 0.322. The highest BCUT2D eigenvalue weighted by atomic mass is 79.9. The van der Waals surface area contributed by atoms with Crippen LogP contribution in [0.25, 0.3) is 0 Å². The van der Waals surface area contributed by atoms with E-state index in [4.69, 9.17) is 19.5 Å². The fourth-order valence-corrected chi connectivity index (χ4v) is 2.22. The minimum atomic E-state index is -0.322. The molecule has 0 aromatic heterocycles. The standard InChI is InChI=1S/C16H22BrNO3/c1-16(2,11-18)6-5-7-21-15-13(19-3)8-12(10-17)9-14(15)20-4/h8-9H,5-7,10H2,1-4H3. The lowest BCUT2D eigenvalue weighted by Gasteiger charge is -2.17. The molecule has 1 rings (SSSR count). The van der Waals surface area contributed by atoms with Gasteiger partial charge in [-0.3, -0.25) is 0 Å². The van der Waals surface area contributed by atoms with Crippen LogP contribution in [-0.4, -0.2) is 20.8 Å². The van der Waals surface area contributed by atoms with Gasteiger partial charge in [0.2, 0.25) is 5.75 Å². The van der Waals surface area contributed by atoms with Crippen molar-refractivity contribution in [1.29, 1.82) is 5.26 Å². The van der Waals surface area contributed by atoms with Crippen molar-refractivity contribution in [2.75, 3.05) is 20.8 Å². The second-order valence-electron chi connectivity index (χ2n) is 5.41. The van der Waals surface area contributed by atoms with Crippen LogP contribution in [0.15, 0.2) is 12.1 Å². The van der Waals surface area contributed by atoms with Crippen molar-refractivity contribution >= 4 is 15.9 Å². The Kier molecular flexibility index (Phi) is 6.83. The molecule has 0 aliphatic carbocycles. The van der Waals surface area contributed by atoms with Gasteiger partial charge in [-0.05, 0) is 44.4 Å². The fraction of sp³-hybridized carbons (Fsp3) is 0.562. The van der Waals surface area contributed by atoms with Crippen molar-refractivity contribution in [2.45, 2.75) is 32.0 Å². The lowest BCUT2D eigenvalue weighted by atomic mass is 9.90. The highest BCUT2D eigenvalue weighted by molar-refractivity contribution is 9.08. The van der Waals surface area contributed by atoms with Crippen LogP contribution in [0.4, 0.5) is 0 Å². The highest BCUT2D eigenvalue weighted by Gasteiger charge is 2.17. The second-order valence-corrected chi connectivity index (χ2v) is 5.97. The molecule has 0 saturated heterocycles. The normalized spacial score (nSPS) is 10.9. The molecular formula is C16H22BrNO3. The zero-order chi connectivity index (χ0) is 15.9. The van der Waals surface area contributed by atoms with Gasteiger partial charge >= 0.3 is 0 Å². The Hall–Kier alpha value is -1.41. The largest absolute Gasteiger partial charge is 0.493 e. The molecule has 0 radical (unpaired) electrons. The van der Waals surface area contributed by atoms with E-state index in [-0.39, 0.29) is 5.41 Å². The molecule has 0 fully saturated rings. The first kappa shape index (κ1) is 17.6. The van der Waals surface area contributed by atoms with Crippen molar-refractivity contribution in [2.24, 2.45) is 5.41 Å². The summed E-state index contributed by atoms with van der Waals surface area (Å²) in [6.45, 7) is 4.38. The zero-order valence-corrected chi connectivity index (χ0v) is 14.6. The molecule has 116 valence electrons. The molecular weight excluding hydrogens is 334 g/mol. The van der Waals surface area contributed by atoms with Gasteiger partial charge in [0.05, 0.1) is 32.3 Å². The molecule has 1 aromatic carbocycles. The molecule has 0 atom stereocenters. The Balaban J connectivity index is 2.76. The molecule has 0 amide bonds. The molecule has 0 bridgehead atoms. The molecule has 5 heteroatoms. The van der Waals surface area contributed by atoms with Gasteiger partial charge in [0, 0.05) is 5.33 Å². The second kappa shape index (κ2) is 8.14. The Morgan fingerprint density at radius 1 is 1.19 bits per heavy atom. The lowest BCUT2D eigenvalue weighted by Crippen LogP contribution is -2.10. The number of nitriles is 1. The van der Waals surface area contributed by atoms with Crippen molar-refractivity contribution in [3.05, 3.63) is 17.7 Å². The zero-order valence-electron chi connectivity index (χ0n) is 13.0. The Morgan fingerprint density at radius 3 is 2.19 bits per heavy atom. The highest BCUT2D eigenvalue weighted by Crippen LogP contribution is 2.39. The average molecular weight is 356 g/mol. The van der Waals surface area contributed by atoms with Crippen molar-refractivity contribution < 1.29 is 14.2 Å². The van der Waals surface area contributed by atoms with Crippen LogP contribution in [0.1, 0.15) is 32.3 Å². The van der Waals surface area contributed by atoms with E-state index in [1.807, 2.05) is 26.0 Å². The third-order valence-corrected chi connectivity index (χ3v) is 3.82. The van der Waals surface area contributed by atoms with Gasteiger partial charge in [0.15, 0.2) is 11.5 Å². The summed E-state index contributed by atoms with van der Waals surface area (Å²) in [7, 11) is 3.22. The summed E-state index contributed by atoms with van der Waals surface area (Å²) in [6.07, 6.45) is 1.58. The van der Waals surface area contributed by atoms with Crippen molar-refractivity contribution in [3.63, 3.8) is 0 Å². The number of hydrogen-bond acceptors (Lipinski definition) is 4. The van der Waals surface area contributed by atoms with Crippen LogP contribution in [0, 0.1) is 16.7 Å². The van der Waals surface area contributed by atoms with E-state index in [1.54, 1.807) is 14.2 Å². The van der Waals surface area contributed by atoms with E-state index in [0.29, 0.717) is 23.9 Å². The first-order valence-corrected chi connectivity index (χ1v) is 7.94. The summed E-state index contributed by atoms with van der Waals surface area (Å²) in [6, 6.07) is 6.13. The van der Waals surface area contributed by atoms with Gasteiger partial charge in [-0.2, -0.15) is 5.26 Å². The Bertz CT molecular complexity index is 484. The summed E-state index contributed by atoms with van der Waals surface area (Å²) >= 11 is 3.42. The van der Waals surface area contributed by atoms with Gasteiger partial charge in [-0.15, -0.1) is 0 Å². The summed E-state index contributed by atoms with van der Waals surface area (Å²) < 4.78 is 16.6. The monoisotopic (exact) mass is 355 g/mol. The van der Waals surface area contributed by atoms with Gasteiger partial charge < -0.3 is 14.2 Å². The first-order chi connectivity index (χ1) is 9.97. The topological polar surface area (TPSA) is 51.5 Å². The maximum Gasteiger partial charge on any atom is 0.203 e. The van der Waals surface area contributed by atoms with Crippen LogP contribution >= 0.6 is 15.9 Å². The number of halogens is 1. The molecule has 0 aliphatic heterocycles. The van der Waals surface area contributed by atoms with Crippen LogP contribution in [-0.2, 0) is 5.33 Å². The molecule has 0 spiro atoms. The quantitative estimate of drug-likeness (QED) is 0.515. The minimum Gasteiger partial charge on any atom is -0.493 e.